The topological polar surface area (TPSA) is 44.0 Å². The minimum Gasteiger partial charge on any atom is -0.311 e. The van der Waals surface area contributed by atoms with E-state index in [-0.39, 0.29) is 0 Å². The first-order chi connectivity index (χ1) is 8.25. The van der Waals surface area contributed by atoms with Gasteiger partial charge in [0.25, 0.3) is 0 Å². The van der Waals surface area contributed by atoms with Crippen LogP contribution in [0.2, 0.25) is 0 Å². The first kappa shape index (κ1) is 12.6. The zero-order valence-corrected chi connectivity index (χ0v) is 11.0. The van der Waals surface area contributed by atoms with Crippen LogP contribution in [0.15, 0.2) is 6.20 Å². The number of nitrogens with one attached hydrogen (secondary N) is 2. The first-order valence-corrected chi connectivity index (χ1v) is 6.67. The summed E-state index contributed by atoms with van der Waals surface area (Å²) in [5.74, 6) is 0.875. The molecule has 4 nitrogen and oxygen atoms in total. The number of hydrogen-bond donors (Lipinski definition) is 2. The van der Waals surface area contributed by atoms with E-state index in [9.17, 15) is 0 Å². The average molecular weight is 236 g/mol. The molecule has 0 amide bonds. The Kier molecular flexibility index (Phi) is 4.57. The van der Waals surface area contributed by atoms with E-state index < -0.39 is 0 Å². The summed E-state index contributed by atoms with van der Waals surface area (Å²) in [5, 5.41) is 10.5. The Morgan fingerprint density at radius 1 is 1.59 bits per heavy atom. The van der Waals surface area contributed by atoms with Crippen molar-refractivity contribution in [3.8, 4) is 0 Å². The summed E-state index contributed by atoms with van der Waals surface area (Å²) in [6, 6.07) is 0. The second kappa shape index (κ2) is 6.17. The zero-order chi connectivity index (χ0) is 12.1. The summed E-state index contributed by atoms with van der Waals surface area (Å²) in [5.41, 5.74) is 2.45. The Morgan fingerprint density at radius 2 is 2.47 bits per heavy atom. The molecule has 2 N–H and O–H groups in total. The van der Waals surface area contributed by atoms with Crippen molar-refractivity contribution < 1.29 is 0 Å². The SMILES string of the molecule is Cc1[nH]ncc1CNCCN1CCC[C@H](C)C1. The number of aryl methyl sites for hydroxylation is 1. The number of rotatable bonds is 5. The highest BCUT2D eigenvalue weighted by Gasteiger charge is 2.15. The fourth-order valence-corrected chi connectivity index (χ4v) is 2.50. The number of aromatic nitrogens is 2. The Labute approximate surface area is 104 Å². The van der Waals surface area contributed by atoms with Crippen molar-refractivity contribution in [2.45, 2.75) is 33.2 Å². The second-order valence-corrected chi connectivity index (χ2v) is 5.25. The molecular formula is C13H24N4. The molecular weight excluding hydrogens is 212 g/mol. The summed E-state index contributed by atoms with van der Waals surface area (Å²) >= 11 is 0. The third kappa shape index (κ3) is 3.82. The summed E-state index contributed by atoms with van der Waals surface area (Å²) < 4.78 is 0. The van der Waals surface area contributed by atoms with Crippen LogP contribution in [0.1, 0.15) is 31.0 Å². The molecule has 1 saturated heterocycles. The van der Waals surface area contributed by atoms with Crippen LogP contribution in [0.5, 0.6) is 0 Å². The number of hydrogen-bond acceptors (Lipinski definition) is 3. The van der Waals surface area contributed by atoms with Gasteiger partial charge in [0.15, 0.2) is 0 Å². The predicted molar refractivity (Wildman–Crippen MR) is 69.9 cm³/mol. The number of likely N-dealkylation sites (tertiary alicyclic amines) is 1. The van der Waals surface area contributed by atoms with Crippen LogP contribution in [-0.2, 0) is 6.54 Å². The molecule has 1 fully saturated rings. The van der Waals surface area contributed by atoms with Crippen molar-refractivity contribution >= 4 is 0 Å². The molecule has 1 aliphatic rings. The fraction of sp³-hybridized carbons (Fsp3) is 0.769. The van der Waals surface area contributed by atoms with Crippen LogP contribution in [0.3, 0.4) is 0 Å². The minimum absolute atomic E-state index is 0.875. The van der Waals surface area contributed by atoms with Crippen LogP contribution in [0.25, 0.3) is 0 Å². The summed E-state index contributed by atoms with van der Waals surface area (Å²) in [6.45, 7) is 10.1. The van der Waals surface area contributed by atoms with Gasteiger partial charge in [-0.15, -0.1) is 0 Å². The Bertz CT molecular complexity index is 334. The number of H-pyrrole nitrogens is 1. The largest absolute Gasteiger partial charge is 0.311 e. The summed E-state index contributed by atoms with van der Waals surface area (Å²) in [4.78, 5) is 2.57. The van der Waals surface area contributed by atoms with Gasteiger partial charge in [0.05, 0.1) is 6.20 Å². The molecule has 0 spiro atoms. The van der Waals surface area contributed by atoms with E-state index in [2.05, 4.69) is 34.3 Å². The highest BCUT2D eigenvalue weighted by Crippen LogP contribution is 2.14. The smallest absolute Gasteiger partial charge is 0.0535 e. The normalized spacial score (nSPS) is 21.9. The first-order valence-electron chi connectivity index (χ1n) is 6.67. The number of nitrogens with zero attached hydrogens (tertiary/aromatic N) is 2. The monoisotopic (exact) mass is 236 g/mol. The molecule has 17 heavy (non-hydrogen) atoms. The average Bonchev–Trinajstić information content (AvgIpc) is 2.71. The van der Waals surface area contributed by atoms with Gasteiger partial charge < -0.3 is 10.2 Å². The summed E-state index contributed by atoms with van der Waals surface area (Å²) in [7, 11) is 0. The van der Waals surface area contributed by atoms with Crippen molar-refractivity contribution in [2.75, 3.05) is 26.2 Å². The minimum atomic E-state index is 0.875. The van der Waals surface area contributed by atoms with E-state index in [1.807, 2.05) is 6.20 Å². The molecule has 0 aromatic carbocycles. The lowest BCUT2D eigenvalue weighted by Gasteiger charge is -2.30. The van der Waals surface area contributed by atoms with Crippen molar-refractivity contribution in [3.63, 3.8) is 0 Å². The van der Waals surface area contributed by atoms with Gasteiger partial charge in [-0.1, -0.05) is 6.92 Å². The second-order valence-electron chi connectivity index (χ2n) is 5.25. The molecule has 1 aromatic heterocycles. The van der Waals surface area contributed by atoms with Crippen LogP contribution in [0.4, 0.5) is 0 Å². The maximum atomic E-state index is 4.02. The zero-order valence-electron chi connectivity index (χ0n) is 11.0. The molecule has 0 bridgehead atoms. The molecule has 1 aliphatic heterocycles. The quantitative estimate of drug-likeness (QED) is 0.762. The highest BCUT2D eigenvalue weighted by molar-refractivity contribution is 5.13. The molecule has 1 aromatic rings. The molecule has 0 saturated carbocycles. The lowest BCUT2D eigenvalue weighted by atomic mass is 10.0. The van der Waals surface area contributed by atoms with Gasteiger partial charge in [-0.2, -0.15) is 5.10 Å². The van der Waals surface area contributed by atoms with Gasteiger partial charge in [0.2, 0.25) is 0 Å². The van der Waals surface area contributed by atoms with Crippen LogP contribution in [0, 0.1) is 12.8 Å². The van der Waals surface area contributed by atoms with Crippen LogP contribution in [-0.4, -0.2) is 41.3 Å². The van der Waals surface area contributed by atoms with E-state index in [0.717, 1.165) is 19.0 Å². The predicted octanol–water partition coefficient (Wildman–Crippen LogP) is 1.54. The standard InChI is InChI=1S/C13H24N4/c1-11-4-3-6-17(10-11)7-5-14-8-13-9-15-16-12(13)2/h9,11,14H,3-8,10H2,1-2H3,(H,15,16)/t11-/m0/s1. The lowest BCUT2D eigenvalue weighted by molar-refractivity contribution is 0.184. The van der Waals surface area contributed by atoms with E-state index >= 15 is 0 Å². The van der Waals surface area contributed by atoms with Gasteiger partial charge in [-0.3, -0.25) is 5.10 Å². The molecule has 0 radical (unpaired) electrons. The fourth-order valence-electron chi connectivity index (χ4n) is 2.50. The third-order valence-corrected chi connectivity index (χ3v) is 3.60. The molecule has 0 aliphatic carbocycles. The van der Waals surface area contributed by atoms with Gasteiger partial charge in [0, 0.05) is 37.4 Å². The van der Waals surface area contributed by atoms with Gasteiger partial charge >= 0.3 is 0 Å². The van der Waals surface area contributed by atoms with E-state index in [1.54, 1.807) is 0 Å². The lowest BCUT2D eigenvalue weighted by Crippen LogP contribution is -2.38. The Morgan fingerprint density at radius 3 is 3.18 bits per heavy atom. The van der Waals surface area contributed by atoms with E-state index in [0.29, 0.717) is 0 Å². The number of aromatic amines is 1. The molecule has 2 heterocycles. The van der Waals surface area contributed by atoms with Crippen LogP contribution >= 0.6 is 0 Å². The Hall–Kier alpha value is -0.870. The van der Waals surface area contributed by atoms with Gasteiger partial charge in [-0.25, -0.2) is 0 Å². The number of piperidine rings is 1. The summed E-state index contributed by atoms with van der Waals surface area (Å²) in [6.07, 6.45) is 4.67. The molecule has 1 atom stereocenters. The Balaban J connectivity index is 1.61. The van der Waals surface area contributed by atoms with Crippen molar-refractivity contribution in [1.29, 1.82) is 0 Å². The maximum absolute atomic E-state index is 4.02. The van der Waals surface area contributed by atoms with E-state index in [4.69, 9.17) is 0 Å². The molecule has 0 unspecified atom stereocenters. The van der Waals surface area contributed by atoms with Crippen molar-refractivity contribution in [3.05, 3.63) is 17.5 Å². The molecule has 2 rings (SSSR count). The molecule has 96 valence electrons. The third-order valence-electron chi connectivity index (χ3n) is 3.60. The van der Waals surface area contributed by atoms with Crippen molar-refractivity contribution in [1.82, 2.24) is 20.4 Å². The highest BCUT2D eigenvalue weighted by atomic mass is 15.1. The van der Waals surface area contributed by atoms with Crippen LogP contribution < -0.4 is 5.32 Å². The molecule has 4 heteroatoms. The van der Waals surface area contributed by atoms with Gasteiger partial charge in [0.1, 0.15) is 0 Å². The van der Waals surface area contributed by atoms with Crippen molar-refractivity contribution in [2.24, 2.45) is 5.92 Å². The van der Waals surface area contributed by atoms with E-state index in [1.165, 1.54) is 43.7 Å². The van der Waals surface area contributed by atoms with Gasteiger partial charge in [-0.05, 0) is 32.2 Å². The maximum Gasteiger partial charge on any atom is 0.0535 e.